The van der Waals surface area contributed by atoms with Crippen LogP contribution in [0.1, 0.15) is 47.5 Å². The first-order chi connectivity index (χ1) is 10.2. The van der Waals surface area contributed by atoms with E-state index in [1.54, 1.807) is 0 Å². The van der Waals surface area contributed by atoms with Crippen LogP contribution in [-0.2, 0) is 0 Å². The van der Waals surface area contributed by atoms with Crippen LogP contribution in [0, 0.1) is 10.8 Å². The van der Waals surface area contributed by atoms with Crippen molar-refractivity contribution in [3.8, 4) is 0 Å². The fourth-order valence-corrected chi connectivity index (χ4v) is 3.44. The normalized spacial score (nSPS) is 22.4. The third-order valence-corrected chi connectivity index (χ3v) is 4.29. The van der Waals surface area contributed by atoms with Crippen molar-refractivity contribution in [3.63, 3.8) is 0 Å². The van der Waals surface area contributed by atoms with Crippen molar-refractivity contribution in [2.45, 2.75) is 53.0 Å². The predicted molar refractivity (Wildman–Crippen MR) is 94.4 cm³/mol. The van der Waals surface area contributed by atoms with Crippen LogP contribution in [0.15, 0.2) is 64.9 Å². The molecule has 2 nitrogen and oxygen atoms in total. The van der Waals surface area contributed by atoms with Crippen LogP contribution in [0.25, 0.3) is 0 Å². The molecule has 0 amide bonds. The van der Waals surface area contributed by atoms with Crippen molar-refractivity contribution in [2.75, 3.05) is 0 Å². The molecule has 22 heavy (non-hydrogen) atoms. The third kappa shape index (κ3) is 3.94. The van der Waals surface area contributed by atoms with Gasteiger partial charge in [-0.15, -0.1) is 0 Å². The van der Waals surface area contributed by atoms with Gasteiger partial charge in [0.2, 0.25) is 0 Å². The molecular formula is C20H28N2. The number of hydrogen-bond acceptors (Lipinski definition) is 2. The molecule has 1 atom stereocenters. The molecule has 0 heterocycles. The van der Waals surface area contributed by atoms with Gasteiger partial charge >= 0.3 is 0 Å². The molecular weight excluding hydrogens is 268 g/mol. The second kappa shape index (κ2) is 6.20. The van der Waals surface area contributed by atoms with Crippen molar-refractivity contribution >= 4 is 5.69 Å². The lowest BCUT2D eigenvalue weighted by Gasteiger charge is -2.44. The number of allylic oxidation sites excluding steroid dienone is 2. The minimum atomic E-state index is -0.273. The highest BCUT2D eigenvalue weighted by Crippen LogP contribution is 2.47. The number of azo groups is 1. The lowest BCUT2D eigenvalue weighted by Crippen LogP contribution is -2.43. The average Bonchev–Trinajstić information content (AvgIpc) is 2.45. The molecule has 0 spiro atoms. The van der Waals surface area contributed by atoms with Crippen LogP contribution in [0.5, 0.6) is 0 Å². The van der Waals surface area contributed by atoms with Gasteiger partial charge < -0.3 is 0 Å². The lowest BCUT2D eigenvalue weighted by atomic mass is 9.63. The first kappa shape index (κ1) is 16.7. The molecule has 1 aromatic rings. The molecule has 1 aromatic carbocycles. The summed E-state index contributed by atoms with van der Waals surface area (Å²) in [6, 6.07) is 9.99. The second-order valence-corrected chi connectivity index (χ2v) is 8.07. The summed E-state index contributed by atoms with van der Waals surface area (Å²) in [6.07, 6.45) is 10.6. The quantitative estimate of drug-likeness (QED) is 0.567. The van der Waals surface area contributed by atoms with Gasteiger partial charge in [0, 0.05) is 0 Å². The maximum Gasteiger partial charge on any atom is 0.109 e. The summed E-state index contributed by atoms with van der Waals surface area (Å²) in [6.45, 7) is 11.5. The number of benzene rings is 1. The van der Waals surface area contributed by atoms with Crippen molar-refractivity contribution in [2.24, 2.45) is 21.1 Å². The van der Waals surface area contributed by atoms with Crippen molar-refractivity contribution < 1.29 is 0 Å². The molecule has 1 aliphatic carbocycles. The van der Waals surface area contributed by atoms with E-state index in [1.165, 1.54) is 0 Å². The third-order valence-electron chi connectivity index (χ3n) is 4.29. The molecule has 0 saturated carbocycles. The number of hydrogen-bond donors (Lipinski definition) is 0. The summed E-state index contributed by atoms with van der Waals surface area (Å²) in [4.78, 5) is 0. The van der Waals surface area contributed by atoms with Crippen molar-refractivity contribution in [1.29, 1.82) is 0 Å². The van der Waals surface area contributed by atoms with E-state index in [-0.39, 0.29) is 16.4 Å². The Balaban J connectivity index is 2.35. The van der Waals surface area contributed by atoms with Gasteiger partial charge in [0.05, 0.1) is 5.69 Å². The first-order valence-electron chi connectivity index (χ1n) is 8.07. The van der Waals surface area contributed by atoms with Crippen molar-refractivity contribution in [1.82, 2.24) is 0 Å². The molecule has 118 valence electrons. The van der Waals surface area contributed by atoms with Gasteiger partial charge in [-0.25, -0.2) is 0 Å². The van der Waals surface area contributed by atoms with Gasteiger partial charge in [-0.3, -0.25) is 0 Å². The Morgan fingerprint density at radius 1 is 1.00 bits per heavy atom. The molecule has 0 saturated heterocycles. The smallest absolute Gasteiger partial charge is 0.109 e. The summed E-state index contributed by atoms with van der Waals surface area (Å²) >= 11 is 0. The summed E-state index contributed by atoms with van der Waals surface area (Å²) in [5.74, 6) is 0. The predicted octanol–water partition coefficient (Wildman–Crippen LogP) is 6.49. The molecule has 0 bridgehead atoms. The lowest BCUT2D eigenvalue weighted by molar-refractivity contribution is 0.129. The van der Waals surface area contributed by atoms with E-state index in [0.717, 1.165) is 18.5 Å². The number of rotatable bonds is 4. The number of nitrogens with zero attached hydrogens (tertiary/aromatic N) is 2. The van der Waals surface area contributed by atoms with Gasteiger partial charge in [-0.1, -0.05) is 77.1 Å². The fourth-order valence-electron chi connectivity index (χ4n) is 3.44. The van der Waals surface area contributed by atoms with Crippen LogP contribution in [-0.4, -0.2) is 5.54 Å². The molecule has 0 aromatic heterocycles. The summed E-state index contributed by atoms with van der Waals surface area (Å²) in [5.41, 5.74) is 0.931. The minimum Gasteiger partial charge on any atom is -0.177 e. The van der Waals surface area contributed by atoms with E-state index in [0.29, 0.717) is 0 Å². The van der Waals surface area contributed by atoms with Gasteiger partial charge in [-0.2, -0.15) is 10.2 Å². The average molecular weight is 296 g/mol. The van der Waals surface area contributed by atoms with Crippen LogP contribution in [0.3, 0.4) is 0 Å². The molecule has 2 rings (SSSR count). The maximum absolute atomic E-state index is 4.83. The monoisotopic (exact) mass is 296 g/mol. The zero-order chi connectivity index (χ0) is 16.3. The van der Waals surface area contributed by atoms with Crippen LogP contribution >= 0.6 is 0 Å². The Kier molecular flexibility index (Phi) is 4.69. The van der Waals surface area contributed by atoms with E-state index >= 15 is 0 Å². The van der Waals surface area contributed by atoms with E-state index in [4.69, 9.17) is 5.11 Å². The highest BCUT2D eigenvalue weighted by molar-refractivity contribution is 5.35. The van der Waals surface area contributed by atoms with Gasteiger partial charge in [-0.05, 0) is 35.8 Å². The minimum absolute atomic E-state index is 0.0325. The van der Waals surface area contributed by atoms with E-state index < -0.39 is 0 Å². The first-order valence-corrected chi connectivity index (χ1v) is 8.07. The Morgan fingerprint density at radius 2 is 1.68 bits per heavy atom. The Hall–Kier alpha value is -1.70. The van der Waals surface area contributed by atoms with E-state index in [1.807, 2.05) is 30.3 Å². The van der Waals surface area contributed by atoms with Crippen LogP contribution < -0.4 is 0 Å². The SMILES string of the molecule is CC(C)(C)CC(C)(C)C1(N=Nc2ccccc2)C=CC=CC1. The molecule has 0 N–H and O–H groups in total. The fraction of sp³-hybridized carbons (Fsp3) is 0.500. The molecule has 1 aliphatic rings. The highest BCUT2D eigenvalue weighted by Gasteiger charge is 2.45. The highest BCUT2D eigenvalue weighted by atomic mass is 15.2. The molecule has 2 heteroatoms. The molecule has 1 unspecified atom stereocenters. The zero-order valence-corrected chi connectivity index (χ0v) is 14.5. The summed E-state index contributed by atoms with van der Waals surface area (Å²) in [5, 5.41) is 9.37. The van der Waals surface area contributed by atoms with Gasteiger partial charge in [0.25, 0.3) is 0 Å². The van der Waals surface area contributed by atoms with Gasteiger partial charge in [0.15, 0.2) is 0 Å². The van der Waals surface area contributed by atoms with Crippen LogP contribution in [0.4, 0.5) is 5.69 Å². The summed E-state index contributed by atoms with van der Waals surface area (Å²) in [7, 11) is 0. The van der Waals surface area contributed by atoms with E-state index in [2.05, 4.69) is 64.0 Å². The van der Waals surface area contributed by atoms with E-state index in [9.17, 15) is 0 Å². The van der Waals surface area contributed by atoms with Gasteiger partial charge in [0.1, 0.15) is 5.54 Å². The topological polar surface area (TPSA) is 24.7 Å². The Labute approximate surface area is 135 Å². The summed E-state index contributed by atoms with van der Waals surface area (Å²) < 4.78 is 0. The largest absolute Gasteiger partial charge is 0.177 e. The Morgan fingerprint density at radius 3 is 2.23 bits per heavy atom. The van der Waals surface area contributed by atoms with Crippen LogP contribution in [0.2, 0.25) is 0 Å². The molecule has 0 radical (unpaired) electrons. The maximum atomic E-state index is 4.83. The zero-order valence-electron chi connectivity index (χ0n) is 14.5. The standard InChI is InChI=1S/C20H28N2/c1-18(2,3)16-19(4,5)20(14-10-7-11-15-20)22-21-17-12-8-6-9-13-17/h6-14H,15-16H2,1-5H3. The molecule has 0 fully saturated rings. The Bertz CT molecular complexity index is 573. The second-order valence-electron chi connectivity index (χ2n) is 8.07. The van der Waals surface area contributed by atoms with Crippen molar-refractivity contribution in [3.05, 3.63) is 54.6 Å². The molecule has 0 aliphatic heterocycles.